The zero-order chi connectivity index (χ0) is 19.1. The Balaban J connectivity index is 1.96. The van der Waals surface area contributed by atoms with Gasteiger partial charge in [0.15, 0.2) is 11.9 Å². The highest BCUT2D eigenvalue weighted by atomic mass is 16.5. The maximum Gasteiger partial charge on any atom is 0.331 e. The normalized spacial score (nSPS) is 11.8. The van der Waals surface area contributed by atoms with Gasteiger partial charge in [0.05, 0.1) is 5.69 Å². The van der Waals surface area contributed by atoms with Crippen LogP contribution in [-0.4, -0.2) is 23.8 Å². The number of benzene rings is 2. The van der Waals surface area contributed by atoms with Crippen LogP contribution in [0.2, 0.25) is 0 Å². The number of hydrogen-bond donors (Lipinski definition) is 1. The smallest absolute Gasteiger partial charge is 0.331 e. The summed E-state index contributed by atoms with van der Waals surface area (Å²) in [6.45, 7) is 4.86. The Kier molecular flexibility index (Phi) is 6.44. The molecule has 26 heavy (non-hydrogen) atoms. The number of esters is 1. The molecule has 5 heteroatoms. The average Bonchev–Trinajstić information content (AvgIpc) is 2.60. The summed E-state index contributed by atoms with van der Waals surface area (Å²) in [6, 6.07) is 14.3. The van der Waals surface area contributed by atoms with E-state index in [-0.39, 0.29) is 5.78 Å². The highest BCUT2D eigenvalue weighted by molar-refractivity contribution is 6.05. The first-order valence-electron chi connectivity index (χ1n) is 8.23. The van der Waals surface area contributed by atoms with Gasteiger partial charge in [-0.2, -0.15) is 0 Å². The predicted octanol–water partition coefficient (Wildman–Crippen LogP) is 3.78. The van der Waals surface area contributed by atoms with Crippen LogP contribution in [0.15, 0.2) is 54.6 Å². The molecule has 0 bridgehead atoms. The summed E-state index contributed by atoms with van der Waals surface area (Å²) >= 11 is 0. The number of nitrogens with one attached hydrogen (secondary N) is 1. The van der Waals surface area contributed by atoms with Crippen molar-refractivity contribution >= 4 is 29.4 Å². The number of hydrogen-bond acceptors (Lipinski definition) is 4. The molecule has 2 rings (SSSR count). The van der Waals surface area contributed by atoms with E-state index in [4.69, 9.17) is 4.74 Å². The van der Waals surface area contributed by atoms with Gasteiger partial charge in [0, 0.05) is 11.6 Å². The van der Waals surface area contributed by atoms with E-state index in [1.165, 1.54) is 19.9 Å². The Labute approximate surface area is 152 Å². The number of aryl methyl sites for hydroxylation is 1. The molecule has 0 fully saturated rings. The van der Waals surface area contributed by atoms with Crippen LogP contribution in [0.3, 0.4) is 0 Å². The minimum Gasteiger partial charge on any atom is -0.449 e. The molecule has 134 valence electrons. The minimum absolute atomic E-state index is 0.161. The van der Waals surface area contributed by atoms with Gasteiger partial charge < -0.3 is 10.1 Å². The van der Waals surface area contributed by atoms with E-state index in [2.05, 4.69) is 5.32 Å². The van der Waals surface area contributed by atoms with E-state index in [1.54, 1.807) is 30.3 Å². The van der Waals surface area contributed by atoms with Crippen molar-refractivity contribution in [3.63, 3.8) is 0 Å². The third-order valence-corrected chi connectivity index (χ3v) is 3.68. The Hall–Kier alpha value is -3.21. The monoisotopic (exact) mass is 351 g/mol. The number of rotatable bonds is 6. The van der Waals surface area contributed by atoms with Crippen LogP contribution in [0.1, 0.15) is 35.3 Å². The Morgan fingerprint density at radius 2 is 1.81 bits per heavy atom. The molecule has 0 saturated carbocycles. The van der Waals surface area contributed by atoms with E-state index in [9.17, 15) is 14.4 Å². The van der Waals surface area contributed by atoms with Crippen LogP contribution in [0.4, 0.5) is 5.69 Å². The number of anilines is 1. The molecule has 0 aliphatic rings. The molecular weight excluding hydrogens is 330 g/mol. The fourth-order valence-corrected chi connectivity index (χ4v) is 2.34. The molecular formula is C21H21NO4. The summed E-state index contributed by atoms with van der Waals surface area (Å²) in [5.41, 5.74) is 2.74. The molecule has 1 N–H and O–H groups in total. The second-order valence-corrected chi connectivity index (χ2v) is 5.92. The number of amides is 1. The van der Waals surface area contributed by atoms with Gasteiger partial charge in [-0.05, 0) is 44.5 Å². The Morgan fingerprint density at radius 1 is 1.08 bits per heavy atom. The van der Waals surface area contributed by atoms with E-state index in [0.717, 1.165) is 11.1 Å². The van der Waals surface area contributed by atoms with Crippen LogP contribution < -0.4 is 5.32 Å². The SMILES string of the molecule is CC(=O)c1ccccc1NC(=O)[C@@H](C)OC(=O)/C=C/c1cccc(C)c1. The summed E-state index contributed by atoms with van der Waals surface area (Å²) in [7, 11) is 0. The third-order valence-electron chi connectivity index (χ3n) is 3.68. The first kappa shape index (κ1) is 19.1. The topological polar surface area (TPSA) is 72.5 Å². The molecule has 0 heterocycles. The van der Waals surface area contributed by atoms with Gasteiger partial charge in [0.2, 0.25) is 0 Å². The van der Waals surface area contributed by atoms with Crippen molar-refractivity contribution in [1.82, 2.24) is 0 Å². The van der Waals surface area contributed by atoms with Crippen molar-refractivity contribution in [1.29, 1.82) is 0 Å². The Morgan fingerprint density at radius 3 is 2.50 bits per heavy atom. The van der Waals surface area contributed by atoms with Gasteiger partial charge in [-0.25, -0.2) is 4.79 Å². The summed E-state index contributed by atoms with van der Waals surface area (Å²) in [6.07, 6.45) is 1.91. The fourth-order valence-electron chi connectivity index (χ4n) is 2.34. The van der Waals surface area contributed by atoms with E-state index >= 15 is 0 Å². The lowest BCUT2D eigenvalue weighted by Crippen LogP contribution is -2.30. The Bertz CT molecular complexity index is 855. The van der Waals surface area contributed by atoms with Gasteiger partial charge >= 0.3 is 5.97 Å². The second kappa shape index (κ2) is 8.76. The van der Waals surface area contributed by atoms with E-state index in [1.807, 2.05) is 31.2 Å². The van der Waals surface area contributed by atoms with Crippen molar-refractivity contribution in [3.05, 3.63) is 71.3 Å². The first-order chi connectivity index (χ1) is 12.4. The standard InChI is InChI=1S/C21H21NO4/c1-14-7-6-8-17(13-14)11-12-20(24)26-16(3)21(25)22-19-10-5-4-9-18(19)15(2)23/h4-13,16H,1-3H3,(H,22,25)/b12-11+/t16-/m1/s1. The molecule has 0 aromatic heterocycles. The van der Waals surface area contributed by atoms with Gasteiger partial charge in [-0.3, -0.25) is 9.59 Å². The van der Waals surface area contributed by atoms with Gasteiger partial charge in [0.1, 0.15) is 0 Å². The number of ketones is 1. The maximum absolute atomic E-state index is 12.2. The number of carbonyl (C=O) groups is 3. The van der Waals surface area contributed by atoms with Crippen LogP contribution in [0.25, 0.3) is 6.08 Å². The molecule has 5 nitrogen and oxygen atoms in total. The quantitative estimate of drug-likeness (QED) is 0.488. The zero-order valence-electron chi connectivity index (χ0n) is 15.0. The van der Waals surface area contributed by atoms with Gasteiger partial charge in [0.25, 0.3) is 5.91 Å². The molecule has 0 spiro atoms. The predicted molar refractivity (Wildman–Crippen MR) is 101 cm³/mol. The van der Waals surface area contributed by atoms with Crippen LogP contribution in [0, 0.1) is 6.92 Å². The molecule has 1 atom stereocenters. The van der Waals surface area contributed by atoms with Crippen molar-refractivity contribution < 1.29 is 19.1 Å². The molecule has 0 aliphatic carbocycles. The zero-order valence-corrected chi connectivity index (χ0v) is 15.0. The highest BCUT2D eigenvalue weighted by Gasteiger charge is 2.18. The largest absolute Gasteiger partial charge is 0.449 e. The molecule has 2 aromatic rings. The highest BCUT2D eigenvalue weighted by Crippen LogP contribution is 2.16. The average molecular weight is 351 g/mol. The third kappa shape index (κ3) is 5.41. The fraction of sp³-hybridized carbons (Fsp3) is 0.190. The molecule has 0 saturated heterocycles. The van der Waals surface area contributed by atoms with E-state index in [0.29, 0.717) is 11.3 Å². The maximum atomic E-state index is 12.2. The molecule has 0 unspecified atom stereocenters. The number of ether oxygens (including phenoxy) is 1. The van der Waals surface area contributed by atoms with Crippen LogP contribution in [0.5, 0.6) is 0 Å². The number of para-hydroxylation sites is 1. The number of Topliss-reactive ketones (excluding diaryl/α,β-unsaturated/α-hetero) is 1. The minimum atomic E-state index is -0.996. The molecule has 0 radical (unpaired) electrons. The molecule has 2 aromatic carbocycles. The van der Waals surface area contributed by atoms with E-state index < -0.39 is 18.0 Å². The lowest BCUT2D eigenvalue weighted by molar-refractivity contribution is -0.148. The van der Waals surface area contributed by atoms with Crippen molar-refractivity contribution in [2.45, 2.75) is 26.9 Å². The summed E-state index contributed by atoms with van der Waals surface area (Å²) < 4.78 is 5.11. The van der Waals surface area contributed by atoms with Gasteiger partial charge in [-0.15, -0.1) is 0 Å². The molecule has 1 amide bonds. The van der Waals surface area contributed by atoms with Gasteiger partial charge in [-0.1, -0.05) is 42.0 Å². The lowest BCUT2D eigenvalue weighted by atomic mass is 10.1. The second-order valence-electron chi connectivity index (χ2n) is 5.92. The summed E-state index contributed by atoms with van der Waals surface area (Å²) in [4.78, 5) is 35.7. The van der Waals surface area contributed by atoms with Crippen molar-refractivity contribution in [3.8, 4) is 0 Å². The summed E-state index contributed by atoms with van der Waals surface area (Å²) in [5, 5.41) is 2.62. The lowest BCUT2D eigenvalue weighted by Gasteiger charge is -2.14. The van der Waals surface area contributed by atoms with Crippen LogP contribution >= 0.6 is 0 Å². The van der Waals surface area contributed by atoms with Crippen molar-refractivity contribution in [2.24, 2.45) is 0 Å². The van der Waals surface area contributed by atoms with Crippen molar-refractivity contribution in [2.75, 3.05) is 5.32 Å². The first-order valence-corrected chi connectivity index (χ1v) is 8.23. The molecule has 0 aliphatic heterocycles. The van der Waals surface area contributed by atoms with Crippen LogP contribution in [-0.2, 0) is 14.3 Å². The number of carbonyl (C=O) groups excluding carboxylic acids is 3. The summed E-state index contributed by atoms with van der Waals surface area (Å²) in [5.74, 6) is -1.28.